The molecule has 0 spiro atoms. The molecule has 1 N–H and O–H groups in total. The standard InChI is InChI=1S/C24H27BrClFN2O2S/c1-16(24(31)28-19-8-2-3-9-19)29(13-17-6-4-7-18(25)12-17)23(30)15-32-14-20-21(26)10-5-11-22(20)27/h4-7,10-12,16,19H,2-3,8-9,13-15H2,1H3,(H,28,31)/t16-/m0/s1. The fourth-order valence-electron chi connectivity index (χ4n) is 3.80. The predicted octanol–water partition coefficient (Wildman–Crippen LogP) is 5.95. The number of thioether (sulfide) groups is 1. The average molecular weight is 542 g/mol. The van der Waals surface area contributed by atoms with Gasteiger partial charge in [0.15, 0.2) is 0 Å². The lowest BCUT2D eigenvalue weighted by Gasteiger charge is -2.29. The predicted molar refractivity (Wildman–Crippen MR) is 132 cm³/mol. The molecular formula is C24H27BrClFN2O2S. The summed E-state index contributed by atoms with van der Waals surface area (Å²) < 4.78 is 14.9. The molecule has 1 aliphatic rings. The molecule has 0 heterocycles. The van der Waals surface area contributed by atoms with E-state index in [-0.39, 0.29) is 35.2 Å². The van der Waals surface area contributed by atoms with Crippen molar-refractivity contribution in [3.8, 4) is 0 Å². The lowest BCUT2D eigenvalue weighted by molar-refractivity contribution is -0.138. The molecule has 3 rings (SSSR count). The largest absolute Gasteiger partial charge is 0.352 e. The molecule has 0 radical (unpaired) electrons. The molecule has 4 nitrogen and oxygen atoms in total. The van der Waals surface area contributed by atoms with E-state index in [0.29, 0.717) is 17.1 Å². The summed E-state index contributed by atoms with van der Waals surface area (Å²) in [7, 11) is 0. The van der Waals surface area contributed by atoms with Crippen molar-refractivity contribution in [2.45, 2.75) is 57.0 Å². The fourth-order valence-corrected chi connectivity index (χ4v) is 5.50. The molecule has 0 saturated heterocycles. The maximum atomic E-state index is 14.0. The zero-order valence-corrected chi connectivity index (χ0v) is 21.1. The minimum Gasteiger partial charge on any atom is -0.352 e. The summed E-state index contributed by atoms with van der Waals surface area (Å²) in [5.74, 6) is -0.281. The number of nitrogens with zero attached hydrogens (tertiary/aromatic N) is 1. The van der Waals surface area contributed by atoms with Crippen LogP contribution in [0.25, 0.3) is 0 Å². The molecule has 1 atom stereocenters. The number of carbonyl (C=O) groups excluding carboxylic acids is 2. The topological polar surface area (TPSA) is 49.4 Å². The highest BCUT2D eigenvalue weighted by molar-refractivity contribution is 9.10. The highest BCUT2D eigenvalue weighted by Crippen LogP contribution is 2.25. The SMILES string of the molecule is C[C@@H](C(=O)NC1CCCC1)N(Cc1cccc(Br)c1)C(=O)CSCc1c(F)cccc1Cl. The Morgan fingerprint density at radius 1 is 1.25 bits per heavy atom. The van der Waals surface area contributed by atoms with Gasteiger partial charge in [0.25, 0.3) is 0 Å². The minimum absolute atomic E-state index is 0.125. The highest BCUT2D eigenvalue weighted by Gasteiger charge is 2.28. The summed E-state index contributed by atoms with van der Waals surface area (Å²) >= 11 is 10.8. The van der Waals surface area contributed by atoms with Crippen LogP contribution in [0.2, 0.25) is 5.02 Å². The Balaban J connectivity index is 1.68. The number of hydrogen-bond donors (Lipinski definition) is 1. The summed E-state index contributed by atoms with van der Waals surface area (Å²) in [4.78, 5) is 27.7. The molecule has 0 aliphatic heterocycles. The van der Waals surface area contributed by atoms with Gasteiger partial charge in [-0.3, -0.25) is 9.59 Å². The molecule has 1 fully saturated rings. The Labute approximate surface area is 206 Å². The first-order valence-corrected chi connectivity index (χ1v) is 13.0. The van der Waals surface area contributed by atoms with E-state index >= 15 is 0 Å². The van der Waals surface area contributed by atoms with Gasteiger partial charge >= 0.3 is 0 Å². The Kier molecular flexibility index (Phi) is 9.44. The summed E-state index contributed by atoms with van der Waals surface area (Å²) in [6, 6.07) is 11.8. The van der Waals surface area contributed by atoms with Crippen LogP contribution in [0.3, 0.4) is 0 Å². The van der Waals surface area contributed by atoms with Crippen molar-refractivity contribution < 1.29 is 14.0 Å². The molecule has 172 valence electrons. The van der Waals surface area contributed by atoms with Crippen LogP contribution in [0.1, 0.15) is 43.7 Å². The third-order valence-corrected chi connectivity index (χ3v) is 7.44. The van der Waals surface area contributed by atoms with Gasteiger partial charge in [0.1, 0.15) is 11.9 Å². The Morgan fingerprint density at radius 3 is 2.66 bits per heavy atom. The van der Waals surface area contributed by atoms with Crippen molar-refractivity contribution in [1.29, 1.82) is 0 Å². The first kappa shape index (κ1) is 25.1. The zero-order chi connectivity index (χ0) is 23.1. The van der Waals surface area contributed by atoms with Crippen molar-refractivity contribution in [2.75, 3.05) is 5.75 Å². The highest BCUT2D eigenvalue weighted by atomic mass is 79.9. The van der Waals surface area contributed by atoms with Crippen molar-refractivity contribution >= 4 is 51.1 Å². The molecule has 2 amide bonds. The second kappa shape index (κ2) is 12.1. The van der Waals surface area contributed by atoms with Crippen LogP contribution in [0.5, 0.6) is 0 Å². The lowest BCUT2D eigenvalue weighted by atomic mass is 10.1. The number of nitrogens with one attached hydrogen (secondary N) is 1. The zero-order valence-electron chi connectivity index (χ0n) is 18.0. The van der Waals surface area contributed by atoms with Crippen LogP contribution in [0.15, 0.2) is 46.9 Å². The van der Waals surface area contributed by atoms with Crippen LogP contribution in [-0.4, -0.2) is 34.6 Å². The molecule has 8 heteroatoms. The minimum atomic E-state index is -0.611. The quantitative estimate of drug-likeness (QED) is 0.427. The molecule has 0 bridgehead atoms. The van der Waals surface area contributed by atoms with Gasteiger partial charge in [-0.1, -0.05) is 58.6 Å². The van der Waals surface area contributed by atoms with E-state index in [0.717, 1.165) is 35.7 Å². The molecule has 1 aliphatic carbocycles. The third-order valence-electron chi connectivity index (χ3n) is 5.64. The second-order valence-corrected chi connectivity index (χ2v) is 10.3. The van der Waals surface area contributed by atoms with E-state index in [1.807, 2.05) is 24.3 Å². The Bertz CT molecular complexity index is 935. The Morgan fingerprint density at radius 2 is 1.97 bits per heavy atom. The van der Waals surface area contributed by atoms with Crippen molar-refractivity contribution in [3.05, 3.63) is 68.9 Å². The van der Waals surface area contributed by atoms with Gasteiger partial charge in [0.05, 0.1) is 5.75 Å². The van der Waals surface area contributed by atoms with E-state index in [1.165, 1.54) is 17.8 Å². The normalized spacial score (nSPS) is 14.9. The number of rotatable bonds is 9. The third kappa shape index (κ3) is 6.96. The smallest absolute Gasteiger partial charge is 0.242 e. The van der Waals surface area contributed by atoms with Gasteiger partial charge in [-0.05, 0) is 49.6 Å². The molecule has 0 aromatic heterocycles. The maximum Gasteiger partial charge on any atom is 0.242 e. The van der Waals surface area contributed by atoms with Gasteiger partial charge in [0, 0.05) is 33.4 Å². The molecule has 32 heavy (non-hydrogen) atoms. The first-order chi connectivity index (χ1) is 15.3. The van der Waals surface area contributed by atoms with Crippen molar-refractivity contribution in [2.24, 2.45) is 0 Å². The Hall–Kier alpha value is -1.57. The van der Waals surface area contributed by atoms with Crippen LogP contribution in [0, 0.1) is 5.82 Å². The lowest BCUT2D eigenvalue weighted by Crippen LogP contribution is -2.50. The van der Waals surface area contributed by atoms with Crippen LogP contribution >= 0.6 is 39.3 Å². The first-order valence-electron chi connectivity index (χ1n) is 10.7. The summed E-state index contributed by atoms with van der Waals surface area (Å²) in [5, 5.41) is 3.44. The molecular weight excluding hydrogens is 515 g/mol. The molecule has 0 unspecified atom stereocenters. The van der Waals surface area contributed by atoms with Crippen molar-refractivity contribution in [1.82, 2.24) is 10.2 Å². The van der Waals surface area contributed by atoms with Crippen LogP contribution < -0.4 is 5.32 Å². The summed E-state index contributed by atoms with van der Waals surface area (Å²) in [5.41, 5.74) is 1.31. The summed E-state index contributed by atoms with van der Waals surface area (Å²) in [6.45, 7) is 2.08. The number of carbonyl (C=O) groups is 2. The molecule has 2 aromatic rings. The molecule has 1 saturated carbocycles. The number of amides is 2. The van der Waals surface area contributed by atoms with Gasteiger partial charge in [-0.25, -0.2) is 4.39 Å². The fraction of sp³-hybridized carbons (Fsp3) is 0.417. The van der Waals surface area contributed by atoms with E-state index in [1.54, 1.807) is 24.0 Å². The van der Waals surface area contributed by atoms with Crippen LogP contribution in [0.4, 0.5) is 4.39 Å². The van der Waals surface area contributed by atoms with Gasteiger partial charge < -0.3 is 10.2 Å². The van der Waals surface area contributed by atoms with E-state index < -0.39 is 6.04 Å². The molecule has 2 aromatic carbocycles. The maximum absolute atomic E-state index is 14.0. The van der Waals surface area contributed by atoms with Gasteiger partial charge in [-0.2, -0.15) is 0 Å². The monoisotopic (exact) mass is 540 g/mol. The number of benzene rings is 2. The number of hydrogen-bond acceptors (Lipinski definition) is 3. The second-order valence-electron chi connectivity index (χ2n) is 8.01. The average Bonchev–Trinajstić information content (AvgIpc) is 3.26. The van der Waals surface area contributed by atoms with E-state index in [9.17, 15) is 14.0 Å². The van der Waals surface area contributed by atoms with Gasteiger partial charge in [-0.15, -0.1) is 11.8 Å². The summed E-state index contributed by atoms with van der Waals surface area (Å²) in [6.07, 6.45) is 4.21. The van der Waals surface area contributed by atoms with Gasteiger partial charge in [0.2, 0.25) is 11.8 Å². The number of halogens is 3. The van der Waals surface area contributed by atoms with Crippen molar-refractivity contribution in [3.63, 3.8) is 0 Å². The van der Waals surface area contributed by atoms with E-state index in [2.05, 4.69) is 21.2 Å². The van der Waals surface area contributed by atoms with E-state index in [4.69, 9.17) is 11.6 Å². The van der Waals surface area contributed by atoms with Crippen LogP contribution in [-0.2, 0) is 21.9 Å².